The molecule has 1 saturated heterocycles. The van der Waals surface area contributed by atoms with Gasteiger partial charge in [0, 0.05) is 25.7 Å². The topological polar surface area (TPSA) is 18.5 Å². The number of hydrogen-bond acceptors (Lipinski definition) is 3. The summed E-state index contributed by atoms with van der Waals surface area (Å²) in [5.74, 6) is 0. The zero-order valence-electron chi connectivity index (χ0n) is 14.0. The molecule has 1 heterocycles. The Bertz CT molecular complexity index is 273. The van der Waals surface area contributed by atoms with Crippen molar-refractivity contribution >= 4 is 0 Å². The van der Waals surface area contributed by atoms with Crippen molar-refractivity contribution in [1.29, 1.82) is 0 Å². The van der Waals surface area contributed by atoms with Gasteiger partial charge >= 0.3 is 0 Å². The van der Waals surface area contributed by atoms with E-state index in [2.05, 4.69) is 36.0 Å². The monoisotopic (exact) mass is 281 g/mol. The summed E-state index contributed by atoms with van der Waals surface area (Å²) in [5, 5.41) is 3.65. The van der Waals surface area contributed by atoms with E-state index in [1.165, 1.54) is 71.2 Å². The van der Waals surface area contributed by atoms with Crippen LogP contribution in [0.5, 0.6) is 0 Å². The zero-order chi connectivity index (χ0) is 14.4. The van der Waals surface area contributed by atoms with Crippen molar-refractivity contribution in [3.8, 4) is 0 Å². The van der Waals surface area contributed by atoms with Crippen molar-refractivity contribution in [1.82, 2.24) is 15.1 Å². The summed E-state index contributed by atoms with van der Waals surface area (Å²) >= 11 is 0. The molecule has 1 unspecified atom stereocenters. The van der Waals surface area contributed by atoms with Gasteiger partial charge in [-0.3, -0.25) is 4.90 Å². The smallest absolute Gasteiger partial charge is 0.0195 e. The number of nitrogens with one attached hydrogen (secondary N) is 1. The summed E-state index contributed by atoms with van der Waals surface area (Å²) in [6.07, 6.45) is 8.52. The van der Waals surface area contributed by atoms with Gasteiger partial charge < -0.3 is 10.2 Å². The van der Waals surface area contributed by atoms with Crippen molar-refractivity contribution in [3.63, 3.8) is 0 Å². The van der Waals surface area contributed by atoms with Crippen LogP contribution in [0.3, 0.4) is 0 Å². The molecule has 0 amide bonds. The van der Waals surface area contributed by atoms with Crippen molar-refractivity contribution in [2.75, 3.05) is 46.3 Å². The molecule has 0 radical (unpaired) electrons. The van der Waals surface area contributed by atoms with E-state index in [0.29, 0.717) is 11.5 Å². The van der Waals surface area contributed by atoms with E-state index >= 15 is 0 Å². The van der Waals surface area contributed by atoms with Gasteiger partial charge in [0.05, 0.1) is 0 Å². The summed E-state index contributed by atoms with van der Waals surface area (Å²) in [5.41, 5.74) is 0.547. The largest absolute Gasteiger partial charge is 0.316 e. The van der Waals surface area contributed by atoms with Gasteiger partial charge in [-0.15, -0.1) is 0 Å². The zero-order valence-corrected chi connectivity index (χ0v) is 14.0. The highest BCUT2D eigenvalue weighted by molar-refractivity contribution is 4.90. The van der Waals surface area contributed by atoms with E-state index in [9.17, 15) is 0 Å². The van der Waals surface area contributed by atoms with E-state index in [1.54, 1.807) is 0 Å². The summed E-state index contributed by atoms with van der Waals surface area (Å²) in [6, 6.07) is 0.711. The first-order valence-corrected chi connectivity index (χ1v) is 8.78. The summed E-state index contributed by atoms with van der Waals surface area (Å²) < 4.78 is 0. The molecule has 1 atom stereocenters. The fourth-order valence-electron chi connectivity index (χ4n) is 4.17. The molecule has 118 valence electrons. The Labute approximate surface area is 126 Å². The van der Waals surface area contributed by atoms with Crippen LogP contribution in [0.15, 0.2) is 0 Å². The highest BCUT2D eigenvalue weighted by Crippen LogP contribution is 2.37. The molecule has 1 saturated carbocycles. The first-order valence-electron chi connectivity index (χ1n) is 8.78. The van der Waals surface area contributed by atoms with Gasteiger partial charge in [-0.1, -0.05) is 26.2 Å². The average molecular weight is 281 g/mol. The molecule has 1 aliphatic carbocycles. The molecule has 3 heteroatoms. The first kappa shape index (κ1) is 16.3. The maximum atomic E-state index is 3.65. The van der Waals surface area contributed by atoms with E-state index in [-0.39, 0.29) is 0 Å². The summed E-state index contributed by atoms with van der Waals surface area (Å²) in [6.45, 7) is 12.1. The average Bonchev–Trinajstić information content (AvgIpc) is 2.59. The molecular formula is C17H35N3. The number of rotatable bonds is 5. The van der Waals surface area contributed by atoms with Gasteiger partial charge in [0.2, 0.25) is 0 Å². The van der Waals surface area contributed by atoms with E-state index in [0.717, 1.165) is 6.54 Å². The fraction of sp³-hybridized carbons (Fsp3) is 1.00. The van der Waals surface area contributed by atoms with Crippen LogP contribution in [-0.4, -0.2) is 62.2 Å². The number of likely N-dealkylation sites (N-methyl/N-ethyl adjacent to an activating group) is 1. The lowest BCUT2D eigenvalue weighted by Crippen LogP contribution is -2.49. The van der Waals surface area contributed by atoms with E-state index < -0.39 is 0 Å². The Morgan fingerprint density at radius 2 is 1.85 bits per heavy atom. The molecule has 1 aliphatic heterocycles. The van der Waals surface area contributed by atoms with Crippen LogP contribution in [0.4, 0.5) is 0 Å². The Morgan fingerprint density at radius 1 is 1.10 bits per heavy atom. The second kappa shape index (κ2) is 7.77. The minimum atomic E-state index is 0.547. The van der Waals surface area contributed by atoms with Gasteiger partial charge in [0.15, 0.2) is 0 Å². The minimum Gasteiger partial charge on any atom is -0.316 e. The summed E-state index contributed by atoms with van der Waals surface area (Å²) in [7, 11) is 2.27. The molecule has 1 N–H and O–H groups in total. The third kappa shape index (κ3) is 4.44. The molecule has 2 aliphatic rings. The van der Waals surface area contributed by atoms with Crippen molar-refractivity contribution in [3.05, 3.63) is 0 Å². The van der Waals surface area contributed by atoms with E-state index in [1.807, 2.05) is 0 Å². The van der Waals surface area contributed by atoms with Gasteiger partial charge in [-0.05, 0) is 58.3 Å². The molecule has 20 heavy (non-hydrogen) atoms. The summed E-state index contributed by atoms with van der Waals surface area (Å²) in [4.78, 5) is 5.29. The maximum Gasteiger partial charge on any atom is 0.0195 e. The SMILES string of the molecule is CCNCC1(CN2CCCN(C)CC2C)CCCCC1. The second-order valence-electron chi connectivity index (χ2n) is 7.28. The normalized spacial score (nSPS) is 29.2. The van der Waals surface area contributed by atoms with Crippen LogP contribution in [0.2, 0.25) is 0 Å². The van der Waals surface area contributed by atoms with Gasteiger partial charge in [0.1, 0.15) is 0 Å². The molecule has 0 bridgehead atoms. The van der Waals surface area contributed by atoms with Crippen LogP contribution in [0, 0.1) is 5.41 Å². The molecule has 0 aromatic rings. The van der Waals surface area contributed by atoms with Crippen molar-refractivity contribution < 1.29 is 0 Å². The third-order valence-corrected chi connectivity index (χ3v) is 5.39. The highest BCUT2D eigenvalue weighted by atomic mass is 15.2. The first-order chi connectivity index (χ1) is 9.65. The molecule has 0 spiro atoms. The van der Waals surface area contributed by atoms with Gasteiger partial charge in [-0.25, -0.2) is 0 Å². The van der Waals surface area contributed by atoms with Gasteiger partial charge in [-0.2, -0.15) is 0 Å². The van der Waals surface area contributed by atoms with Crippen LogP contribution in [0.1, 0.15) is 52.4 Å². The van der Waals surface area contributed by atoms with Crippen LogP contribution < -0.4 is 5.32 Å². The molecule has 0 aromatic carbocycles. The van der Waals surface area contributed by atoms with Crippen LogP contribution in [-0.2, 0) is 0 Å². The quantitative estimate of drug-likeness (QED) is 0.835. The Hall–Kier alpha value is -0.120. The number of hydrogen-bond donors (Lipinski definition) is 1. The van der Waals surface area contributed by atoms with E-state index in [4.69, 9.17) is 0 Å². The predicted octanol–water partition coefficient (Wildman–Crippen LogP) is 2.57. The lowest BCUT2D eigenvalue weighted by Gasteiger charge is -2.43. The fourth-order valence-corrected chi connectivity index (χ4v) is 4.17. The Kier molecular flexibility index (Phi) is 6.31. The Balaban J connectivity index is 1.98. The lowest BCUT2D eigenvalue weighted by molar-refractivity contribution is 0.0804. The molecule has 3 nitrogen and oxygen atoms in total. The Morgan fingerprint density at radius 3 is 2.55 bits per heavy atom. The molecule has 0 aromatic heterocycles. The second-order valence-corrected chi connectivity index (χ2v) is 7.28. The maximum absolute atomic E-state index is 3.65. The molecule has 2 rings (SSSR count). The van der Waals surface area contributed by atoms with Crippen LogP contribution >= 0.6 is 0 Å². The molecular weight excluding hydrogens is 246 g/mol. The number of nitrogens with zero attached hydrogens (tertiary/aromatic N) is 2. The van der Waals surface area contributed by atoms with Gasteiger partial charge in [0.25, 0.3) is 0 Å². The molecule has 2 fully saturated rings. The minimum absolute atomic E-state index is 0.547. The van der Waals surface area contributed by atoms with Crippen molar-refractivity contribution in [2.24, 2.45) is 5.41 Å². The van der Waals surface area contributed by atoms with Crippen molar-refractivity contribution in [2.45, 2.75) is 58.4 Å². The third-order valence-electron chi connectivity index (χ3n) is 5.39. The standard InChI is InChI=1S/C17H35N3/c1-4-18-14-17(9-6-5-7-10-17)15-20-12-8-11-19(3)13-16(20)2/h16,18H,4-15H2,1-3H3. The highest BCUT2D eigenvalue weighted by Gasteiger charge is 2.35. The lowest BCUT2D eigenvalue weighted by atomic mass is 9.73. The van der Waals surface area contributed by atoms with Crippen LogP contribution in [0.25, 0.3) is 0 Å². The predicted molar refractivity (Wildman–Crippen MR) is 87.2 cm³/mol.